The number of hydrogen-bond acceptors (Lipinski definition) is 2. The number of alkyl halides is 3. The van der Waals surface area contributed by atoms with Crippen molar-refractivity contribution in [3.8, 4) is 6.07 Å². The number of nitrogens with zero attached hydrogens (tertiary/aromatic N) is 1. The Morgan fingerprint density at radius 3 is 2.48 bits per heavy atom. The lowest BCUT2D eigenvalue weighted by atomic mass is 10.1. The first kappa shape index (κ1) is 15.4. The average molecular weight is 355 g/mol. The molecule has 2 aromatic rings. The van der Waals surface area contributed by atoms with E-state index in [0.29, 0.717) is 5.69 Å². The fraction of sp³-hybridized carbons (Fsp3) is 0.133. The number of benzene rings is 2. The monoisotopic (exact) mass is 354 g/mol. The maximum Gasteiger partial charge on any atom is 0.417 e. The SMILES string of the molecule is Cc1ccc(Br)c(Nc2ccc(C#N)c(C(F)(F)F)c2)c1. The topological polar surface area (TPSA) is 35.8 Å². The van der Waals surface area contributed by atoms with E-state index in [0.717, 1.165) is 22.2 Å². The van der Waals surface area contributed by atoms with Crippen molar-refractivity contribution in [2.45, 2.75) is 13.1 Å². The molecule has 108 valence electrons. The molecule has 0 amide bonds. The second-order valence-corrected chi connectivity index (χ2v) is 5.33. The van der Waals surface area contributed by atoms with Crippen molar-refractivity contribution in [1.29, 1.82) is 5.26 Å². The van der Waals surface area contributed by atoms with Crippen molar-refractivity contribution >= 4 is 27.3 Å². The molecular formula is C15H10BrF3N2. The van der Waals surface area contributed by atoms with E-state index in [2.05, 4.69) is 21.2 Å². The second-order valence-electron chi connectivity index (χ2n) is 4.48. The molecule has 0 fully saturated rings. The van der Waals surface area contributed by atoms with Gasteiger partial charge in [-0.1, -0.05) is 6.07 Å². The van der Waals surface area contributed by atoms with E-state index in [-0.39, 0.29) is 5.69 Å². The minimum absolute atomic E-state index is 0.271. The molecule has 2 rings (SSSR count). The average Bonchev–Trinajstić information content (AvgIpc) is 2.42. The van der Waals surface area contributed by atoms with Crippen molar-refractivity contribution in [3.05, 3.63) is 57.6 Å². The summed E-state index contributed by atoms with van der Waals surface area (Å²) >= 11 is 3.34. The third-order valence-corrected chi connectivity index (χ3v) is 3.54. The maximum atomic E-state index is 12.9. The van der Waals surface area contributed by atoms with Gasteiger partial charge < -0.3 is 5.32 Å². The molecule has 0 aliphatic heterocycles. The van der Waals surface area contributed by atoms with Gasteiger partial charge in [0.2, 0.25) is 0 Å². The molecule has 0 bridgehead atoms. The van der Waals surface area contributed by atoms with Crippen LogP contribution < -0.4 is 5.32 Å². The normalized spacial score (nSPS) is 11.0. The predicted octanol–water partition coefficient (Wildman–Crippen LogP) is 5.39. The molecule has 21 heavy (non-hydrogen) atoms. The lowest BCUT2D eigenvalue weighted by molar-refractivity contribution is -0.137. The Morgan fingerprint density at radius 1 is 1.14 bits per heavy atom. The van der Waals surface area contributed by atoms with E-state index < -0.39 is 17.3 Å². The molecule has 0 aromatic heterocycles. The minimum atomic E-state index is -4.56. The standard InChI is InChI=1S/C15H10BrF3N2/c1-9-2-5-13(16)14(6-9)21-11-4-3-10(8-20)12(7-11)15(17,18)19/h2-7,21H,1H3. The van der Waals surface area contributed by atoms with E-state index in [1.54, 1.807) is 6.07 Å². The van der Waals surface area contributed by atoms with Crippen molar-refractivity contribution in [2.24, 2.45) is 0 Å². The molecule has 6 heteroatoms. The first-order valence-electron chi connectivity index (χ1n) is 5.96. The van der Waals surface area contributed by atoms with E-state index in [4.69, 9.17) is 5.26 Å². The maximum absolute atomic E-state index is 12.9. The molecular weight excluding hydrogens is 345 g/mol. The van der Waals surface area contributed by atoms with Gasteiger partial charge in [-0.3, -0.25) is 0 Å². The molecule has 0 atom stereocenters. The van der Waals surface area contributed by atoms with Crippen LogP contribution in [-0.4, -0.2) is 0 Å². The van der Waals surface area contributed by atoms with E-state index in [1.807, 2.05) is 25.1 Å². The summed E-state index contributed by atoms with van der Waals surface area (Å²) in [7, 11) is 0. The lowest BCUT2D eigenvalue weighted by Gasteiger charge is -2.13. The summed E-state index contributed by atoms with van der Waals surface area (Å²) in [6.07, 6.45) is -4.56. The van der Waals surface area contributed by atoms with Gasteiger partial charge in [0.05, 0.1) is 22.9 Å². The minimum Gasteiger partial charge on any atom is -0.355 e. The van der Waals surface area contributed by atoms with E-state index in [1.165, 1.54) is 6.07 Å². The molecule has 0 spiro atoms. The van der Waals surface area contributed by atoms with Gasteiger partial charge in [0.1, 0.15) is 0 Å². The fourth-order valence-corrected chi connectivity index (χ4v) is 2.19. The third-order valence-electron chi connectivity index (χ3n) is 2.85. The van der Waals surface area contributed by atoms with Crippen molar-refractivity contribution in [1.82, 2.24) is 0 Å². The van der Waals surface area contributed by atoms with Gasteiger partial charge in [-0.25, -0.2) is 0 Å². The van der Waals surface area contributed by atoms with Crippen molar-refractivity contribution in [3.63, 3.8) is 0 Å². The number of nitrogens with one attached hydrogen (secondary N) is 1. The Kier molecular flexibility index (Phi) is 4.24. The highest BCUT2D eigenvalue weighted by Gasteiger charge is 2.33. The highest BCUT2D eigenvalue weighted by molar-refractivity contribution is 9.10. The first-order chi connectivity index (χ1) is 9.81. The number of rotatable bonds is 2. The second kappa shape index (κ2) is 5.78. The number of anilines is 2. The summed E-state index contributed by atoms with van der Waals surface area (Å²) in [5.41, 5.74) is 0.570. The number of aryl methyl sites for hydroxylation is 1. The molecule has 0 heterocycles. The number of nitriles is 1. The van der Waals surface area contributed by atoms with Crippen LogP contribution in [0.15, 0.2) is 40.9 Å². The molecule has 0 radical (unpaired) electrons. The van der Waals surface area contributed by atoms with Crippen molar-refractivity contribution < 1.29 is 13.2 Å². The van der Waals surface area contributed by atoms with Gasteiger partial charge in [-0.2, -0.15) is 18.4 Å². The Balaban J connectivity index is 2.42. The lowest BCUT2D eigenvalue weighted by Crippen LogP contribution is -2.08. The first-order valence-corrected chi connectivity index (χ1v) is 6.75. The molecule has 0 aliphatic rings. The van der Waals surface area contributed by atoms with Gasteiger partial charge in [0.25, 0.3) is 0 Å². The quantitative estimate of drug-likeness (QED) is 0.784. The summed E-state index contributed by atoms with van der Waals surface area (Å²) in [5, 5.41) is 11.7. The van der Waals surface area contributed by atoms with Crippen LogP contribution in [-0.2, 0) is 6.18 Å². The summed E-state index contributed by atoms with van der Waals surface area (Å²) in [4.78, 5) is 0. The number of halogens is 4. The molecule has 2 nitrogen and oxygen atoms in total. The molecule has 0 saturated carbocycles. The molecule has 1 N–H and O–H groups in total. The van der Waals surface area contributed by atoms with E-state index >= 15 is 0 Å². The summed E-state index contributed by atoms with van der Waals surface area (Å²) in [6, 6.07) is 10.6. The zero-order chi connectivity index (χ0) is 15.6. The zero-order valence-electron chi connectivity index (χ0n) is 10.9. The molecule has 0 saturated heterocycles. The number of hydrogen-bond donors (Lipinski definition) is 1. The highest BCUT2D eigenvalue weighted by Crippen LogP contribution is 2.35. The van der Waals surface area contributed by atoms with Crippen LogP contribution >= 0.6 is 15.9 Å². The van der Waals surface area contributed by atoms with Crippen LogP contribution in [0.25, 0.3) is 0 Å². The van der Waals surface area contributed by atoms with Crippen LogP contribution in [0, 0.1) is 18.3 Å². The van der Waals surface area contributed by atoms with Crippen LogP contribution in [0.2, 0.25) is 0 Å². The Morgan fingerprint density at radius 2 is 1.86 bits per heavy atom. The van der Waals surface area contributed by atoms with Crippen LogP contribution in [0.4, 0.5) is 24.5 Å². The zero-order valence-corrected chi connectivity index (χ0v) is 12.5. The summed E-state index contributed by atoms with van der Waals surface area (Å²) in [6.45, 7) is 1.89. The summed E-state index contributed by atoms with van der Waals surface area (Å²) < 4.78 is 39.5. The smallest absolute Gasteiger partial charge is 0.355 e. The predicted molar refractivity (Wildman–Crippen MR) is 78.3 cm³/mol. The van der Waals surface area contributed by atoms with Crippen LogP contribution in [0.1, 0.15) is 16.7 Å². The van der Waals surface area contributed by atoms with E-state index in [9.17, 15) is 13.2 Å². The van der Waals surface area contributed by atoms with Crippen LogP contribution in [0.3, 0.4) is 0 Å². The van der Waals surface area contributed by atoms with Gasteiger partial charge in [0.15, 0.2) is 0 Å². The van der Waals surface area contributed by atoms with Gasteiger partial charge in [0, 0.05) is 10.2 Å². The van der Waals surface area contributed by atoms with Gasteiger partial charge in [-0.15, -0.1) is 0 Å². The molecule has 0 aliphatic carbocycles. The Hall–Kier alpha value is -2.00. The molecule has 2 aromatic carbocycles. The van der Waals surface area contributed by atoms with Crippen LogP contribution in [0.5, 0.6) is 0 Å². The largest absolute Gasteiger partial charge is 0.417 e. The third kappa shape index (κ3) is 3.56. The van der Waals surface area contributed by atoms with Gasteiger partial charge >= 0.3 is 6.18 Å². The Bertz CT molecular complexity index is 718. The Labute approximate surface area is 128 Å². The molecule has 0 unspecified atom stereocenters. The van der Waals surface area contributed by atoms with Crippen molar-refractivity contribution in [2.75, 3.05) is 5.32 Å². The summed E-state index contributed by atoms with van der Waals surface area (Å²) in [5.74, 6) is 0. The fourth-order valence-electron chi connectivity index (χ4n) is 1.84. The highest BCUT2D eigenvalue weighted by atomic mass is 79.9. The van der Waals surface area contributed by atoms with Gasteiger partial charge in [-0.05, 0) is 58.7 Å².